The molecule has 0 spiro atoms. The maximum absolute atomic E-state index is 11.0. The van der Waals surface area contributed by atoms with Gasteiger partial charge in [0.1, 0.15) is 24.4 Å². The maximum Gasteiger partial charge on any atom is 0.186 e. The first-order valence-electron chi connectivity index (χ1n) is 13.0. The molecule has 2 saturated carbocycles. The predicted molar refractivity (Wildman–Crippen MR) is 126 cm³/mol. The number of allylic oxidation sites excluding steroid dienone is 1. The molecule has 0 bridgehead atoms. The second-order valence-electron chi connectivity index (χ2n) is 12.3. The van der Waals surface area contributed by atoms with Crippen LogP contribution in [0.1, 0.15) is 59.3 Å². The Labute approximate surface area is 207 Å². The highest BCUT2D eigenvalue weighted by Crippen LogP contribution is 2.64. The molecule has 4 rings (SSSR count). The van der Waals surface area contributed by atoms with Crippen molar-refractivity contribution in [3.8, 4) is 0 Å². The maximum atomic E-state index is 11.0. The fraction of sp³-hybridized carbons (Fsp3) is 0.923. The normalized spacial score (nSPS) is 51.2. The van der Waals surface area contributed by atoms with Gasteiger partial charge in [0.25, 0.3) is 0 Å². The van der Waals surface area contributed by atoms with E-state index in [4.69, 9.17) is 9.47 Å². The number of rotatable bonds is 6. The van der Waals surface area contributed by atoms with Crippen molar-refractivity contribution in [2.75, 3.05) is 19.8 Å². The van der Waals surface area contributed by atoms with Crippen LogP contribution in [0.25, 0.3) is 0 Å². The van der Waals surface area contributed by atoms with Crippen molar-refractivity contribution in [1.82, 2.24) is 0 Å². The molecule has 0 aromatic rings. The largest absolute Gasteiger partial charge is 0.394 e. The van der Waals surface area contributed by atoms with Gasteiger partial charge in [-0.3, -0.25) is 0 Å². The second kappa shape index (κ2) is 9.93. The van der Waals surface area contributed by atoms with Gasteiger partial charge in [0.05, 0.1) is 32.0 Å². The summed E-state index contributed by atoms with van der Waals surface area (Å²) in [5.41, 5.74) is 0.256. The molecule has 35 heavy (non-hydrogen) atoms. The average molecular weight is 501 g/mol. The van der Waals surface area contributed by atoms with E-state index >= 15 is 0 Å². The van der Waals surface area contributed by atoms with Gasteiger partial charge in [-0.05, 0) is 61.2 Å². The summed E-state index contributed by atoms with van der Waals surface area (Å²) in [5.74, 6) is 0.499. The van der Waals surface area contributed by atoms with Gasteiger partial charge in [0, 0.05) is 5.41 Å². The minimum absolute atomic E-state index is 0.180. The molecule has 0 radical (unpaired) electrons. The lowest BCUT2D eigenvalue weighted by molar-refractivity contribution is -0.310. The van der Waals surface area contributed by atoms with Crippen LogP contribution in [-0.2, 0) is 9.47 Å². The summed E-state index contributed by atoms with van der Waals surface area (Å²) in [6, 6.07) is 0. The highest BCUT2D eigenvalue weighted by Gasteiger charge is 2.58. The standard InChI is InChI=1S/C26H44O9/c1-24(19(30)12-28)7-6-16-14(8-24)4-5-18-25(2,9-15(29)10-26(16,18)3)13-34-23-22(33)21(32)20(31)17(11-27)35-23/h8,15-23,27-33H,4-7,9-13H2,1-3H3/t15-,16-,17-,18-,19-,20-,21+,22-,23-,24+,25+,26+/m1/s1. The number of aliphatic hydroxyl groups is 7. The van der Waals surface area contributed by atoms with E-state index in [9.17, 15) is 35.7 Å². The van der Waals surface area contributed by atoms with Crippen LogP contribution >= 0.6 is 0 Å². The highest BCUT2D eigenvalue weighted by molar-refractivity contribution is 5.25. The van der Waals surface area contributed by atoms with Crippen molar-refractivity contribution in [3.63, 3.8) is 0 Å². The molecule has 4 aliphatic rings. The molecule has 0 amide bonds. The van der Waals surface area contributed by atoms with Crippen LogP contribution < -0.4 is 0 Å². The Bertz CT molecular complexity index is 789. The number of fused-ring (bicyclic) bond motifs is 3. The van der Waals surface area contributed by atoms with Crippen molar-refractivity contribution in [1.29, 1.82) is 0 Å². The summed E-state index contributed by atoms with van der Waals surface area (Å²) in [6.07, 6.45) is -1.11. The third-order valence-electron chi connectivity index (χ3n) is 9.83. The molecule has 0 aromatic heterocycles. The monoisotopic (exact) mass is 500 g/mol. The lowest BCUT2D eigenvalue weighted by Gasteiger charge is -2.61. The minimum atomic E-state index is -1.49. The van der Waals surface area contributed by atoms with Crippen LogP contribution in [0, 0.1) is 28.1 Å². The van der Waals surface area contributed by atoms with E-state index in [2.05, 4.69) is 19.9 Å². The quantitative estimate of drug-likeness (QED) is 0.251. The fourth-order valence-electron chi connectivity index (χ4n) is 7.92. The molecule has 9 nitrogen and oxygen atoms in total. The SMILES string of the molecule is C[C@@]1(CO[C@@H]2O[C@H](CO)[C@@H](O)[C@H](O)[C@H]2O)C[C@@H](O)C[C@@]2(C)[C@@H]3CC[C@](C)([C@H](O)CO)C=C3CC[C@H]12. The first-order chi connectivity index (χ1) is 16.4. The smallest absolute Gasteiger partial charge is 0.186 e. The van der Waals surface area contributed by atoms with Crippen LogP contribution in [0.3, 0.4) is 0 Å². The van der Waals surface area contributed by atoms with Crippen LogP contribution in [0.2, 0.25) is 0 Å². The topological polar surface area (TPSA) is 160 Å². The van der Waals surface area contributed by atoms with Gasteiger partial charge in [-0.25, -0.2) is 0 Å². The van der Waals surface area contributed by atoms with Crippen LogP contribution in [0.4, 0.5) is 0 Å². The summed E-state index contributed by atoms with van der Waals surface area (Å²) < 4.78 is 11.6. The Morgan fingerprint density at radius 3 is 2.40 bits per heavy atom. The van der Waals surface area contributed by atoms with Gasteiger partial charge in [-0.1, -0.05) is 32.4 Å². The molecule has 9 heteroatoms. The lowest BCUT2D eigenvalue weighted by Crippen LogP contribution is -2.60. The zero-order chi connectivity index (χ0) is 25.8. The molecule has 1 heterocycles. The Hall–Kier alpha value is -0.620. The Morgan fingerprint density at radius 2 is 1.74 bits per heavy atom. The Kier molecular flexibility index (Phi) is 7.77. The van der Waals surface area contributed by atoms with Gasteiger partial charge in [-0.2, -0.15) is 0 Å². The summed E-state index contributed by atoms with van der Waals surface area (Å²) in [5, 5.41) is 71.0. The zero-order valence-electron chi connectivity index (χ0n) is 21.1. The number of hydrogen-bond acceptors (Lipinski definition) is 9. The van der Waals surface area contributed by atoms with Gasteiger partial charge in [0.15, 0.2) is 6.29 Å². The van der Waals surface area contributed by atoms with E-state index in [1.165, 1.54) is 5.57 Å². The van der Waals surface area contributed by atoms with Crippen LogP contribution in [-0.4, -0.2) is 98.5 Å². The first kappa shape index (κ1) is 27.4. The molecular weight excluding hydrogens is 456 g/mol. The van der Waals surface area contributed by atoms with E-state index < -0.39 is 60.4 Å². The molecule has 3 aliphatic carbocycles. The summed E-state index contributed by atoms with van der Waals surface area (Å²) in [7, 11) is 0. The molecule has 1 saturated heterocycles. The molecular formula is C26H44O9. The zero-order valence-corrected chi connectivity index (χ0v) is 21.1. The molecule has 0 aromatic carbocycles. The van der Waals surface area contributed by atoms with E-state index in [-0.39, 0.29) is 30.5 Å². The number of ether oxygens (including phenoxy) is 2. The van der Waals surface area contributed by atoms with Crippen LogP contribution in [0.5, 0.6) is 0 Å². The van der Waals surface area contributed by atoms with Crippen molar-refractivity contribution in [2.45, 2.75) is 102 Å². The van der Waals surface area contributed by atoms with Gasteiger partial charge >= 0.3 is 0 Å². The average Bonchev–Trinajstić information content (AvgIpc) is 2.80. The third-order valence-corrected chi connectivity index (χ3v) is 9.83. The van der Waals surface area contributed by atoms with Gasteiger partial charge in [0.2, 0.25) is 0 Å². The van der Waals surface area contributed by atoms with E-state index in [1.807, 2.05) is 6.92 Å². The van der Waals surface area contributed by atoms with Crippen molar-refractivity contribution in [3.05, 3.63) is 11.6 Å². The number of aliphatic hydroxyl groups excluding tert-OH is 7. The van der Waals surface area contributed by atoms with E-state index in [1.54, 1.807) is 0 Å². The summed E-state index contributed by atoms with van der Waals surface area (Å²) >= 11 is 0. The Balaban J connectivity index is 1.54. The minimum Gasteiger partial charge on any atom is -0.394 e. The molecule has 3 fully saturated rings. The molecule has 12 atom stereocenters. The van der Waals surface area contributed by atoms with Crippen molar-refractivity contribution < 1.29 is 45.2 Å². The number of hydrogen-bond donors (Lipinski definition) is 7. The first-order valence-corrected chi connectivity index (χ1v) is 13.0. The van der Waals surface area contributed by atoms with Gasteiger partial charge in [-0.15, -0.1) is 0 Å². The highest BCUT2D eigenvalue weighted by atomic mass is 16.7. The third kappa shape index (κ3) is 4.73. The second-order valence-corrected chi connectivity index (χ2v) is 12.3. The Morgan fingerprint density at radius 1 is 1.03 bits per heavy atom. The summed E-state index contributed by atoms with van der Waals surface area (Å²) in [6.45, 7) is 5.76. The molecule has 202 valence electrons. The fourth-order valence-corrected chi connectivity index (χ4v) is 7.92. The van der Waals surface area contributed by atoms with Crippen molar-refractivity contribution in [2.24, 2.45) is 28.1 Å². The molecule has 7 N–H and O–H groups in total. The molecule has 0 unspecified atom stereocenters. The predicted octanol–water partition coefficient (Wildman–Crippen LogP) is 0.0761. The summed E-state index contributed by atoms with van der Waals surface area (Å²) in [4.78, 5) is 0. The van der Waals surface area contributed by atoms with E-state index in [0.717, 1.165) is 25.7 Å². The molecule has 1 aliphatic heterocycles. The van der Waals surface area contributed by atoms with Crippen molar-refractivity contribution >= 4 is 0 Å². The van der Waals surface area contributed by atoms with E-state index in [0.29, 0.717) is 12.8 Å². The van der Waals surface area contributed by atoms with Gasteiger partial charge < -0.3 is 45.2 Å². The lowest BCUT2D eigenvalue weighted by atomic mass is 9.44. The van der Waals surface area contributed by atoms with Crippen LogP contribution in [0.15, 0.2) is 11.6 Å².